The summed E-state index contributed by atoms with van der Waals surface area (Å²) in [6, 6.07) is 9.95. The molecule has 2 aromatic rings. The topological polar surface area (TPSA) is 55.3 Å². The van der Waals surface area contributed by atoms with Crippen LogP contribution in [-0.2, 0) is 6.54 Å². The number of hydrogen-bond donors (Lipinski definition) is 2. The van der Waals surface area contributed by atoms with E-state index in [2.05, 4.69) is 49.0 Å². The highest BCUT2D eigenvalue weighted by molar-refractivity contribution is 5.73. The van der Waals surface area contributed by atoms with Crippen molar-refractivity contribution in [2.75, 3.05) is 13.7 Å². The molecule has 0 aliphatic rings. The number of aryl methyl sites for hydroxylation is 1. The number of ether oxygens (including phenoxy) is 1. The molecule has 1 heterocycles. The van der Waals surface area contributed by atoms with Crippen LogP contribution in [0.1, 0.15) is 30.8 Å². The lowest BCUT2D eigenvalue weighted by atomic mass is 10.2. The van der Waals surface area contributed by atoms with Crippen LogP contribution in [0.4, 0.5) is 4.79 Å². The van der Waals surface area contributed by atoms with Crippen LogP contribution in [0.15, 0.2) is 30.3 Å². The molecule has 0 bridgehead atoms. The highest BCUT2D eigenvalue weighted by Crippen LogP contribution is 2.22. The zero-order chi connectivity index (χ0) is 17.7. The Morgan fingerprint density at radius 3 is 2.42 bits per heavy atom. The van der Waals surface area contributed by atoms with Crippen molar-refractivity contribution in [3.05, 3.63) is 47.3 Å². The first-order valence-electron chi connectivity index (χ1n) is 8.26. The van der Waals surface area contributed by atoms with Crippen LogP contribution in [0, 0.1) is 19.8 Å². The smallest absolute Gasteiger partial charge is 0.315 e. The van der Waals surface area contributed by atoms with Crippen molar-refractivity contribution in [3.63, 3.8) is 0 Å². The van der Waals surface area contributed by atoms with Gasteiger partial charge >= 0.3 is 6.03 Å². The summed E-state index contributed by atoms with van der Waals surface area (Å²) in [5, 5.41) is 5.79. The summed E-state index contributed by atoms with van der Waals surface area (Å²) in [6.07, 6.45) is 0. The summed E-state index contributed by atoms with van der Waals surface area (Å²) in [5.41, 5.74) is 4.46. The zero-order valence-electron chi connectivity index (χ0n) is 15.1. The van der Waals surface area contributed by atoms with Gasteiger partial charge in [-0.25, -0.2) is 4.79 Å². The largest absolute Gasteiger partial charge is 0.497 e. The molecule has 1 aromatic carbocycles. The minimum atomic E-state index is -0.127. The Balaban J connectivity index is 2.09. The van der Waals surface area contributed by atoms with Gasteiger partial charge in [-0.05, 0) is 55.7 Å². The van der Waals surface area contributed by atoms with Gasteiger partial charge in [0.2, 0.25) is 0 Å². The van der Waals surface area contributed by atoms with E-state index in [1.54, 1.807) is 7.11 Å². The highest BCUT2D eigenvalue weighted by atomic mass is 16.5. The second kappa shape index (κ2) is 7.90. The Bertz CT molecular complexity index is 687. The Morgan fingerprint density at radius 1 is 1.17 bits per heavy atom. The number of nitrogens with one attached hydrogen (secondary N) is 2. The average molecular weight is 329 g/mol. The van der Waals surface area contributed by atoms with Crippen molar-refractivity contribution in [2.24, 2.45) is 5.92 Å². The third-order valence-electron chi connectivity index (χ3n) is 3.98. The molecular weight excluding hydrogens is 302 g/mol. The van der Waals surface area contributed by atoms with Gasteiger partial charge in [-0.3, -0.25) is 0 Å². The van der Waals surface area contributed by atoms with E-state index in [1.165, 1.54) is 0 Å². The van der Waals surface area contributed by atoms with E-state index in [1.807, 2.05) is 24.3 Å². The molecule has 24 heavy (non-hydrogen) atoms. The molecule has 1 aromatic heterocycles. The van der Waals surface area contributed by atoms with E-state index in [0.717, 1.165) is 28.4 Å². The molecule has 0 unspecified atom stereocenters. The van der Waals surface area contributed by atoms with Crippen LogP contribution in [0.25, 0.3) is 5.69 Å². The fourth-order valence-electron chi connectivity index (χ4n) is 2.67. The monoisotopic (exact) mass is 329 g/mol. The number of carbonyl (C=O) groups is 1. The Hall–Kier alpha value is -2.43. The zero-order valence-corrected chi connectivity index (χ0v) is 15.1. The van der Waals surface area contributed by atoms with Crippen LogP contribution in [0.5, 0.6) is 5.75 Å². The second-order valence-electron chi connectivity index (χ2n) is 6.39. The van der Waals surface area contributed by atoms with Crippen molar-refractivity contribution in [3.8, 4) is 11.4 Å². The lowest BCUT2D eigenvalue weighted by Gasteiger charge is -2.12. The molecule has 0 aliphatic heterocycles. The molecule has 0 saturated heterocycles. The van der Waals surface area contributed by atoms with E-state index in [0.29, 0.717) is 19.0 Å². The first-order chi connectivity index (χ1) is 11.4. The fraction of sp³-hybridized carbons (Fsp3) is 0.421. The minimum absolute atomic E-state index is 0.127. The molecule has 0 atom stereocenters. The van der Waals surface area contributed by atoms with Crippen LogP contribution in [-0.4, -0.2) is 24.3 Å². The quantitative estimate of drug-likeness (QED) is 0.851. The van der Waals surface area contributed by atoms with Gasteiger partial charge in [0.1, 0.15) is 5.75 Å². The van der Waals surface area contributed by atoms with Gasteiger partial charge in [0.25, 0.3) is 0 Å². The second-order valence-corrected chi connectivity index (χ2v) is 6.39. The normalized spacial score (nSPS) is 10.8. The molecule has 2 rings (SSSR count). The number of urea groups is 1. The third-order valence-corrected chi connectivity index (χ3v) is 3.98. The average Bonchev–Trinajstić information content (AvgIpc) is 2.85. The van der Waals surface area contributed by atoms with Crippen LogP contribution in [0.2, 0.25) is 0 Å². The summed E-state index contributed by atoms with van der Waals surface area (Å²) in [7, 11) is 1.66. The SMILES string of the molecule is COc1ccc(-n2c(C)cc(CNC(=O)NCC(C)C)c2C)cc1. The number of methoxy groups -OCH3 is 1. The first kappa shape index (κ1) is 17.9. The summed E-state index contributed by atoms with van der Waals surface area (Å²) >= 11 is 0. The molecule has 0 saturated carbocycles. The Labute approximate surface area is 144 Å². The van der Waals surface area contributed by atoms with E-state index in [-0.39, 0.29) is 6.03 Å². The van der Waals surface area contributed by atoms with Gasteiger partial charge in [0.05, 0.1) is 7.11 Å². The lowest BCUT2D eigenvalue weighted by molar-refractivity contribution is 0.239. The van der Waals surface area contributed by atoms with Gasteiger partial charge in [-0.1, -0.05) is 13.8 Å². The number of aromatic nitrogens is 1. The van der Waals surface area contributed by atoms with E-state index in [4.69, 9.17) is 4.74 Å². The highest BCUT2D eigenvalue weighted by Gasteiger charge is 2.11. The number of hydrogen-bond acceptors (Lipinski definition) is 2. The van der Waals surface area contributed by atoms with Crippen molar-refractivity contribution >= 4 is 6.03 Å². The summed E-state index contributed by atoms with van der Waals surface area (Å²) < 4.78 is 7.39. The first-order valence-corrected chi connectivity index (χ1v) is 8.26. The van der Waals surface area contributed by atoms with Crippen molar-refractivity contribution < 1.29 is 9.53 Å². The van der Waals surface area contributed by atoms with E-state index in [9.17, 15) is 4.79 Å². The maximum Gasteiger partial charge on any atom is 0.315 e. The van der Waals surface area contributed by atoms with Crippen molar-refractivity contribution in [1.82, 2.24) is 15.2 Å². The number of rotatable bonds is 6. The molecule has 0 aliphatic carbocycles. The van der Waals surface area contributed by atoms with Gasteiger partial charge in [0, 0.05) is 30.2 Å². The van der Waals surface area contributed by atoms with E-state index < -0.39 is 0 Å². The molecule has 0 radical (unpaired) electrons. The van der Waals surface area contributed by atoms with E-state index >= 15 is 0 Å². The number of carbonyl (C=O) groups excluding carboxylic acids is 1. The maximum absolute atomic E-state index is 11.8. The van der Waals surface area contributed by atoms with Gasteiger partial charge < -0.3 is 19.9 Å². The molecule has 5 nitrogen and oxygen atoms in total. The molecule has 2 amide bonds. The Morgan fingerprint density at radius 2 is 1.83 bits per heavy atom. The third kappa shape index (κ3) is 4.31. The van der Waals surface area contributed by atoms with Gasteiger partial charge in [-0.15, -0.1) is 0 Å². The number of amides is 2. The number of benzene rings is 1. The van der Waals surface area contributed by atoms with Gasteiger partial charge in [-0.2, -0.15) is 0 Å². The summed E-state index contributed by atoms with van der Waals surface area (Å²) in [4.78, 5) is 11.8. The standard InChI is InChI=1S/C19H27N3O2/c1-13(2)11-20-19(23)21-12-16-10-14(3)22(15(16)4)17-6-8-18(24-5)9-7-17/h6-10,13H,11-12H2,1-5H3,(H2,20,21,23). The molecule has 0 fully saturated rings. The fourth-order valence-corrected chi connectivity index (χ4v) is 2.67. The number of nitrogens with zero attached hydrogens (tertiary/aromatic N) is 1. The molecule has 0 spiro atoms. The lowest BCUT2D eigenvalue weighted by Crippen LogP contribution is -2.37. The van der Waals surface area contributed by atoms with Crippen LogP contribution < -0.4 is 15.4 Å². The predicted molar refractivity (Wildman–Crippen MR) is 96.9 cm³/mol. The summed E-state index contributed by atoms with van der Waals surface area (Å²) in [6.45, 7) is 9.47. The molecular formula is C19H27N3O2. The maximum atomic E-state index is 11.8. The predicted octanol–water partition coefficient (Wildman–Crippen LogP) is 3.56. The van der Waals surface area contributed by atoms with Crippen LogP contribution >= 0.6 is 0 Å². The van der Waals surface area contributed by atoms with Crippen LogP contribution in [0.3, 0.4) is 0 Å². The van der Waals surface area contributed by atoms with Crippen molar-refractivity contribution in [2.45, 2.75) is 34.2 Å². The Kier molecular flexibility index (Phi) is 5.90. The molecule has 5 heteroatoms. The summed E-state index contributed by atoms with van der Waals surface area (Å²) in [5.74, 6) is 1.28. The minimum Gasteiger partial charge on any atom is -0.497 e. The van der Waals surface area contributed by atoms with Crippen molar-refractivity contribution in [1.29, 1.82) is 0 Å². The molecule has 2 N–H and O–H groups in total. The molecule has 130 valence electrons. The van der Waals surface area contributed by atoms with Gasteiger partial charge in [0.15, 0.2) is 0 Å².